The SMILES string of the molecule is C[C@@H](c1ncncc1F)[C@](O)(Cn1ncnn1)c1ccc(F)cc1F. The molecule has 0 spiro atoms. The maximum absolute atomic E-state index is 14.4. The molecule has 2 aromatic heterocycles. The summed E-state index contributed by atoms with van der Waals surface area (Å²) in [7, 11) is 0. The lowest BCUT2D eigenvalue weighted by Gasteiger charge is -2.34. The fourth-order valence-electron chi connectivity index (χ4n) is 2.64. The van der Waals surface area contributed by atoms with Gasteiger partial charge in [-0.2, -0.15) is 4.80 Å². The lowest BCUT2D eigenvalue weighted by molar-refractivity contribution is -0.0172. The second-order valence-electron chi connectivity index (χ2n) is 5.49. The summed E-state index contributed by atoms with van der Waals surface area (Å²) < 4.78 is 41.7. The number of tetrazole rings is 1. The maximum atomic E-state index is 14.4. The van der Waals surface area contributed by atoms with E-state index < -0.39 is 29.0 Å². The Labute approximate surface area is 140 Å². The van der Waals surface area contributed by atoms with Gasteiger partial charge in [-0.3, -0.25) is 0 Å². The Balaban J connectivity index is 2.13. The smallest absolute Gasteiger partial charge is 0.163 e. The molecule has 7 nitrogen and oxygen atoms in total. The lowest BCUT2D eigenvalue weighted by atomic mass is 9.79. The highest BCUT2D eigenvalue weighted by Gasteiger charge is 2.42. The predicted octanol–water partition coefficient (Wildman–Crippen LogP) is 1.57. The van der Waals surface area contributed by atoms with Gasteiger partial charge in [-0.05, 0) is 11.3 Å². The summed E-state index contributed by atoms with van der Waals surface area (Å²) in [4.78, 5) is 8.42. The third-order valence-electron chi connectivity index (χ3n) is 3.99. The number of nitrogens with zero attached hydrogens (tertiary/aromatic N) is 6. The Bertz CT molecular complexity index is 875. The minimum absolute atomic E-state index is 0.124. The zero-order valence-electron chi connectivity index (χ0n) is 13.0. The van der Waals surface area contributed by atoms with Crippen molar-refractivity contribution in [1.29, 1.82) is 0 Å². The van der Waals surface area contributed by atoms with E-state index in [0.717, 1.165) is 35.8 Å². The Morgan fingerprint density at radius 3 is 2.64 bits per heavy atom. The van der Waals surface area contributed by atoms with Crippen LogP contribution in [-0.2, 0) is 12.1 Å². The quantitative estimate of drug-likeness (QED) is 0.751. The van der Waals surface area contributed by atoms with Gasteiger partial charge in [0.25, 0.3) is 0 Å². The van der Waals surface area contributed by atoms with Gasteiger partial charge in [0.2, 0.25) is 0 Å². The summed E-state index contributed by atoms with van der Waals surface area (Å²) in [6.45, 7) is 1.12. The molecule has 130 valence electrons. The van der Waals surface area contributed by atoms with Gasteiger partial charge in [0.15, 0.2) is 12.1 Å². The van der Waals surface area contributed by atoms with Crippen LogP contribution in [0.3, 0.4) is 0 Å². The van der Waals surface area contributed by atoms with Gasteiger partial charge in [-0.15, -0.1) is 10.2 Å². The van der Waals surface area contributed by atoms with Gasteiger partial charge in [0, 0.05) is 17.5 Å². The second-order valence-corrected chi connectivity index (χ2v) is 5.49. The Morgan fingerprint density at radius 1 is 1.20 bits per heavy atom. The number of halogens is 3. The Hall–Kier alpha value is -2.88. The molecule has 1 N–H and O–H groups in total. The van der Waals surface area contributed by atoms with Gasteiger partial charge in [0.05, 0.1) is 18.4 Å². The molecule has 25 heavy (non-hydrogen) atoms. The molecule has 0 amide bonds. The van der Waals surface area contributed by atoms with Crippen LogP contribution in [0.25, 0.3) is 0 Å². The van der Waals surface area contributed by atoms with Crippen molar-refractivity contribution in [1.82, 2.24) is 30.2 Å². The average Bonchev–Trinajstić information content (AvgIpc) is 3.07. The van der Waals surface area contributed by atoms with Crippen LogP contribution in [0.15, 0.2) is 37.1 Å². The van der Waals surface area contributed by atoms with E-state index in [9.17, 15) is 18.3 Å². The van der Waals surface area contributed by atoms with Crippen LogP contribution in [0.2, 0.25) is 0 Å². The number of benzene rings is 1. The Morgan fingerprint density at radius 2 is 2.00 bits per heavy atom. The van der Waals surface area contributed by atoms with Crippen molar-refractivity contribution in [3.63, 3.8) is 0 Å². The molecule has 0 unspecified atom stereocenters. The first kappa shape index (κ1) is 17.0. The van der Waals surface area contributed by atoms with Crippen LogP contribution >= 0.6 is 0 Å². The van der Waals surface area contributed by atoms with Crippen molar-refractivity contribution >= 4 is 0 Å². The van der Waals surface area contributed by atoms with E-state index in [-0.39, 0.29) is 17.8 Å². The highest BCUT2D eigenvalue weighted by molar-refractivity contribution is 5.29. The summed E-state index contributed by atoms with van der Waals surface area (Å²) in [5.74, 6) is -3.57. The highest BCUT2D eigenvalue weighted by Crippen LogP contribution is 2.39. The van der Waals surface area contributed by atoms with E-state index >= 15 is 0 Å². The van der Waals surface area contributed by atoms with Crippen molar-refractivity contribution in [2.45, 2.75) is 25.0 Å². The number of hydrogen-bond acceptors (Lipinski definition) is 6. The number of hydrogen-bond donors (Lipinski definition) is 1. The van der Waals surface area contributed by atoms with E-state index in [1.165, 1.54) is 6.92 Å². The van der Waals surface area contributed by atoms with Crippen molar-refractivity contribution in [3.8, 4) is 0 Å². The lowest BCUT2D eigenvalue weighted by Crippen LogP contribution is -2.39. The van der Waals surface area contributed by atoms with Crippen LogP contribution < -0.4 is 0 Å². The normalized spacial score (nSPS) is 14.9. The zero-order chi connectivity index (χ0) is 18.0. The molecule has 0 bridgehead atoms. The minimum Gasteiger partial charge on any atom is -0.382 e. The molecule has 0 aliphatic heterocycles. The van der Waals surface area contributed by atoms with Gasteiger partial charge < -0.3 is 5.11 Å². The summed E-state index contributed by atoms with van der Waals surface area (Å²) in [5.41, 5.74) is -2.38. The zero-order valence-corrected chi connectivity index (χ0v) is 13.0. The molecule has 2 atom stereocenters. The third-order valence-corrected chi connectivity index (χ3v) is 3.99. The number of rotatable bonds is 5. The first-order chi connectivity index (χ1) is 11.9. The largest absolute Gasteiger partial charge is 0.382 e. The minimum atomic E-state index is -2.02. The van der Waals surface area contributed by atoms with Crippen molar-refractivity contribution < 1.29 is 18.3 Å². The molecule has 0 radical (unpaired) electrons. The molecular formula is C15H13F3N6O. The van der Waals surface area contributed by atoms with Crippen LogP contribution in [0.5, 0.6) is 0 Å². The summed E-state index contributed by atoms with van der Waals surface area (Å²) >= 11 is 0. The molecule has 0 saturated heterocycles. The van der Waals surface area contributed by atoms with Gasteiger partial charge in [-0.1, -0.05) is 13.0 Å². The van der Waals surface area contributed by atoms with E-state index in [2.05, 4.69) is 25.4 Å². The molecule has 1 aromatic carbocycles. The molecular weight excluding hydrogens is 337 g/mol. The van der Waals surface area contributed by atoms with Crippen molar-refractivity contribution in [2.75, 3.05) is 0 Å². The molecule has 2 heterocycles. The van der Waals surface area contributed by atoms with E-state index in [1.807, 2.05) is 0 Å². The first-order valence-corrected chi connectivity index (χ1v) is 7.26. The van der Waals surface area contributed by atoms with Gasteiger partial charge in [-0.25, -0.2) is 23.1 Å². The van der Waals surface area contributed by atoms with Gasteiger partial charge in [0.1, 0.15) is 23.6 Å². The van der Waals surface area contributed by atoms with Crippen molar-refractivity contribution in [2.24, 2.45) is 0 Å². The van der Waals surface area contributed by atoms with E-state index in [4.69, 9.17) is 0 Å². The van der Waals surface area contributed by atoms with Crippen LogP contribution in [-0.4, -0.2) is 35.3 Å². The van der Waals surface area contributed by atoms with Gasteiger partial charge >= 0.3 is 0 Å². The fourth-order valence-corrected chi connectivity index (χ4v) is 2.64. The van der Waals surface area contributed by atoms with Crippen LogP contribution in [0, 0.1) is 17.5 Å². The molecule has 3 rings (SSSR count). The highest BCUT2D eigenvalue weighted by atomic mass is 19.1. The second kappa shape index (κ2) is 6.55. The monoisotopic (exact) mass is 350 g/mol. The van der Waals surface area contributed by atoms with Crippen molar-refractivity contribution in [3.05, 3.63) is 65.8 Å². The standard InChI is InChI=1S/C15H13F3N6O/c1-9(14-13(18)5-19-7-20-14)15(25,6-24-22-8-21-23-24)11-3-2-10(16)4-12(11)17/h2-5,7-9,25H,6H2,1H3/t9-,15+/m0/s1. The first-order valence-electron chi connectivity index (χ1n) is 7.26. The summed E-state index contributed by atoms with van der Waals surface area (Å²) in [6, 6.07) is 2.73. The maximum Gasteiger partial charge on any atom is 0.163 e. The van der Waals surface area contributed by atoms with E-state index in [1.54, 1.807) is 0 Å². The number of aromatic nitrogens is 6. The third kappa shape index (κ3) is 3.20. The fraction of sp³-hybridized carbons (Fsp3) is 0.267. The Kier molecular flexibility index (Phi) is 4.45. The predicted molar refractivity (Wildman–Crippen MR) is 78.5 cm³/mol. The molecule has 0 fully saturated rings. The molecule has 0 aliphatic rings. The molecule has 0 aliphatic carbocycles. The topological polar surface area (TPSA) is 89.6 Å². The van der Waals surface area contributed by atoms with Crippen LogP contribution in [0.4, 0.5) is 13.2 Å². The molecule has 0 saturated carbocycles. The number of aliphatic hydroxyl groups is 1. The summed E-state index contributed by atoms with van der Waals surface area (Å²) in [6.07, 6.45) is 3.19. The molecule has 10 heteroatoms. The molecule has 3 aromatic rings. The van der Waals surface area contributed by atoms with Crippen LogP contribution in [0.1, 0.15) is 24.1 Å². The van der Waals surface area contributed by atoms with E-state index in [0.29, 0.717) is 6.07 Å². The average molecular weight is 350 g/mol. The summed E-state index contributed by atoms with van der Waals surface area (Å²) in [5, 5.41) is 22.2.